The van der Waals surface area contributed by atoms with Gasteiger partial charge >= 0.3 is 5.97 Å². The highest BCUT2D eigenvalue weighted by atomic mass is 16.4. The second-order valence-electron chi connectivity index (χ2n) is 6.53. The Morgan fingerprint density at radius 3 is 2.67 bits per heavy atom. The number of rotatable bonds is 3. The van der Waals surface area contributed by atoms with Gasteiger partial charge in [0.2, 0.25) is 0 Å². The van der Waals surface area contributed by atoms with Crippen LogP contribution in [0.3, 0.4) is 0 Å². The highest BCUT2D eigenvalue weighted by Crippen LogP contribution is 2.34. The van der Waals surface area contributed by atoms with Crippen molar-refractivity contribution >= 4 is 11.7 Å². The van der Waals surface area contributed by atoms with E-state index in [1.807, 2.05) is 24.3 Å². The number of carboxylic acids is 1. The van der Waals surface area contributed by atoms with E-state index in [-0.39, 0.29) is 5.92 Å². The molecule has 1 unspecified atom stereocenters. The van der Waals surface area contributed by atoms with Crippen LogP contribution in [0.2, 0.25) is 0 Å². The molecule has 0 aromatic heterocycles. The molecule has 3 rings (SSSR count). The Labute approximate surface area is 125 Å². The van der Waals surface area contributed by atoms with Crippen molar-refractivity contribution < 1.29 is 15.0 Å². The average molecular weight is 289 g/mol. The van der Waals surface area contributed by atoms with E-state index < -0.39 is 11.6 Å². The number of aliphatic carboxylic acids is 1. The van der Waals surface area contributed by atoms with Crippen molar-refractivity contribution in [3.05, 3.63) is 29.8 Å². The summed E-state index contributed by atoms with van der Waals surface area (Å²) in [6, 6.07) is 7.98. The van der Waals surface area contributed by atoms with Crippen LogP contribution in [0.4, 0.5) is 5.69 Å². The lowest BCUT2D eigenvalue weighted by molar-refractivity contribution is -0.141. The van der Waals surface area contributed by atoms with E-state index in [0.717, 1.165) is 36.9 Å². The van der Waals surface area contributed by atoms with Gasteiger partial charge in [-0.05, 0) is 30.9 Å². The van der Waals surface area contributed by atoms with Gasteiger partial charge in [-0.15, -0.1) is 0 Å². The van der Waals surface area contributed by atoms with Gasteiger partial charge in [0.15, 0.2) is 0 Å². The van der Waals surface area contributed by atoms with Gasteiger partial charge in [0.05, 0.1) is 11.5 Å². The third kappa shape index (κ3) is 3.05. The zero-order valence-corrected chi connectivity index (χ0v) is 12.3. The molecule has 0 saturated heterocycles. The molecule has 1 heterocycles. The van der Waals surface area contributed by atoms with Crippen LogP contribution in [0.15, 0.2) is 24.3 Å². The molecule has 114 valence electrons. The molecule has 4 nitrogen and oxygen atoms in total. The summed E-state index contributed by atoms with van der Waals surface area (Å²) >= 11 is 0. The van der Waals surface area contributed by atoms with Crippen LogP contribution < -0.4 is 4.90 Å². The molecule has 1 saturated carbocycles. The molecule has 1 atom stereocenters. The summed E-state index contributed by atoms with van der Waals surface area (Å²) in [5.74, 6) is -1.13. The third-order valence-electron chi connectivity index (χ3n) is 4.86. The fourth-order valence-electron chi connectivity index (χ4n) is 3.72. The number of hydrogen-bond donors (Lipinski definition) is 2. The minimum Gasteiger partial charge on any atom is -0.481 e. The molecule has 1 aliphatic heterocycles. The first-order valence-corrected chi connectivity index (χ1v) is 7.85. The van der Waals surface area contributed by atoms with Crippen LogP contribution in [0.5, 0.6) is 0 Å². The summed E-state index contributed by atoms with van der Waals surface area (Å²) in [6.07, 6.45) is 5.55. The Morgan fingerprint density at radius 2 is 1.95 bits per heavy atom. The van der Waals surface area contributed by atoms with Crippen molar-refractivity contribution in [2.45, 2.75) is 44.1 Å². The van der Waals surface area contributed by atoms with Crippen LogP contribution in [0.25, 0.3) is 0 Å². The van der Waals surface area contributed by atoms with Crippen LogP contribution in [0.1, 0.15) is 37.7 Å². The molecular weight excluding hydrogens is 266 g/mol. The van der Waals surface area contributed by atoms with Crippen LogP contribution in [0, 0.1) is 5.92 Å². The summed E-state index contributed by atoms with van der Waals surface area (Å²) < 4.78 is 0. The van der Waals surface area contributed by atoms with Gasteiger partial charge in [-0.1, -0.05) is 37.5 Å². The quantitative estimate of drug-likeness (QED) is 0.897. The van der Waals surface area contributed by atoms with E-state index in [1.165, 1.54) is 6.42 Å². The topological polar surface area (TPSA) is 60.8 Å². The predicted octanol–water partition coefficient (Wildman–Crippen LogP) is 2.45. The van der Waals surface area contributed by atoms with E-state index in [2.05, 4.69) is 4.90 Å². The minimum atomic E-state index is -0.745. The highest BCUT2D eigenvalue weighted by molar-refractivity contribution is 5.74. The predicted molar refractivity (Wildman–Crippen MR) is 81.5 cm³/mol. The maximum Gasteiger partial charge on any atom is 0.308 e. The van der Waals surface area contributed by atoms with Crippen LogP contribution >= 0.6 is 0 Å². The summed E-state index contributed by atoms with van der Waals surface area (Å²) in [7, 11) is 0. The van der Waals surface area contributed by atoms with Crippen molar-refractivity contribution in [2.75, 3.05) is 18.0 Å². The maximum absolute atomic E-state index is 11.4. The fraction of sp³-hybridized carbons (Fsp3) is 0.588. The van der Waals surface area contributed by atoms with Gasteiger partial charge in [-0.2, -0.15) is 0 Å². The first kappa shape index (κ1) is 14.4. The second kappa shape index (κ2) is 5.68. The van der Waals surface area contributed by atoms with Crippen molar-refractivity contribution in [1.82, 2.24) is 0 Å². The molecule has 1 aromatic carbocycles. The van der Waals surface area contributed by atoms with Crippen molar-refractivity contribution in [1.29, 1.82) is 0 Å². The van der Waals surface area contributed by atoms with Gasteiger partial charge in [-0.25, -0.2) is 0 Å². The number of benzene rings is 1. The first-order valence-electron chi connectivity index (χ1n) is 7.85. The molecule has 1 aromatic rings. The molecule has 1 fully saturated rings. The molecule has 0 bridgehead atoms. The molecule has 0 amide bonds. The molecule has 4 heteroatoms. The van der Waals surface area contributed by atoms with Gasteiger partial charge in [0, 0.05) is 18.8 Å². The average Bonchev–Trinajstić information content (AvgIpc) is 2.47. The van der Waals surface area contributed by atoms with Crippen molar-refractivity contribution in [3.8, 4) is 0 Å². The lowest BCUT2D eigenvalue weighted by atomic mass is 9.83. The molecule has 0 spiro atoms. The smallest absolute Gasteiger partial charge is 0.308 e. The number of nitrogens with zero attached hydrogens (tertiary/aromatic N) is 1. The summed E-state index contributed by atoms with van der Waals surface area (Å²) in [5, 5.41) is 20.1. The van der Waals surface area contributed by atoms with Gasteiger partial charge in [0.1, 0.15) is 0 Å². The number of carbonyl (C=O) groups is 1. The van der Waals surface area contributed by atoms with Crippen molar-refractivity contribution in [2.24, 2.45) is 5.92 Å². The van der Waals surface area contributed by atoms with Gasteiger partial charge < -0.3 is 15.1 Å². The van der Waals surface area contributed by atoms with Crippen molar-refractivity contribution in [3.63, 3.8) is 0 Å². The molecule has 2 aliphatic rings. The molecular formula is C17H23NO3. The Balaban J connectivity index is 1.84. The number of hydrogen-bond acceptors (Lipinski definition) is 3. The number of anilines is 1. The number of aliphatic hydroxyl groups is 1. The van der Waals surface area contributed by atoms with E-state index in [1.54, 1.807) is 0 Å². The number of β-amino-alcohol motifs (C(OH)–C–C–N with tert-alkyl or cyclic N) is 1. The SMILES string of the molecule is O=C(O)C1Cc2ccccc2N(CC2(O)CCCCC2)C1. The molecule has 1 aliphatic carbocycles. The summed E-state index contributed by atoms with van der Waals surface area (Å²) in [6.45, 7) is 1.04. The summed E-state index contributed by atoms with van der Waals surface area (Å²) in [4.78, 5) is 13.5. The normalized spacial score (nSPS) is 24.4. The maximum atomic E-state index is 11.4. The van der Waals surface area contributed by atoms with Crippen LogP contribution in [-0.4, -0.2) is 34.9 Å². The largest absolute Gasteiger partial charge is 0.481 e. The van der Waals surface area contributed by atoms with E-state index in [4.69, 9.17) is 0 Å². The number of para-hydroxylation sites is 1. The standard InChI is InChI=1S/C17H23NO3/c19-16(20)14-10-13-6-2-3-7-15(13)18(11-14)12-17(21)8-4-1-5-9-17/h2-3,6-7,14,21H,1,4-5,8-12H2,(H,19,20). The first-order chi connectivity index (χ1) is 10.1. The Bertz CT molecular complexity index is 523. The Kier molecular flexibility index (Phi) is 3.89. The van der Waals surface area contributed by atoms with E-state index in [0.29, 0.717) is 19.5 Å². The monoisotopic (exact) mass is 289 g/mol. The zero-order chi connectivity index (χ0) is 14.9. The van der Waals surface area contributed by atoms with Gasteiger partial charge in [0.25, 0.3) is 0 Å². The zero-order valence-electron chi connectivity index (χ0n) is 12.3. The molecule has 2 N–H and O–H groups in total. The van der Waals surface area contributed by atoms with E-state index in [9.17, 15) is 15.0 Å². The number of fused-ring (bicyclic) bond motifs is 1. The molecule has 0 radical (unpaired) electrons. The fourth-order valence-corrected chi connectivity index (χ4v) is 3.72. The van der Waals surface area contributed by atoms with Gasteiger partial charge in [-0.3, -0.25) is 4.79 Å². The molecule has 21 heavy (non-hydrogen) atoms. The second-order valence-corrected chi connectivity index (χ2v) is 6.53. The highest BCUT2D eigenvalue weighted by Gasteiger charge is 2.36. The Morgan fingerprint density at radius 1 is 1.24 bits per heavy atom. The lowest BCUT2D eigenvalue weighted by Crippen LogP contribution is -2.49. The Hall–Kier alpha value is -1.55. The minimum absolute atomic E-state index is 0.382. The number of carboxylic acid groups (broad SMARTS) is 1. The van der Waals surface area contributed by atoms with Crippen LogP contribution in [-0.2, 0) is 11.2 Å². The summed E-state index contributed by atoms with van der Waals surface area (Å²) in [5.41, 5.74) is 1.51. The van der Waals surface area contributed by atoms with E-state index >= 15 is 0 Å². The third-order valence-corrected chi connectivity index (χ3v) is 4.86. The lowest BCUT2D eigenvalue weighted by Gasteiger charge is -2.41.